The number of hydrogen-bond acceptors (Lipinski definition) is 6. The zero-order valence-corrected chi connectivity index (χ0v) is 20.2. The van der Waals surface area contributed by atoms with E-state index in [1.54, 1.807) is 17.0 Å². The largest absolute Gasteiger partial charge is 0.463 e. The molecule has 1 N–H and O–H groups in total. The van der Waals surface area contributed by atoms with Crippen molar-refractivity contribution in [1.82, 2.24) is 19.9 Å². The van der Waals surface area contributed by atoms with Crippen LogP contribution >= 0.6 is 15.9 Å². The fraction of sp³-hybridized carbons (Fsp3) is 0.375. The third-order valence-electron chi connectivity index (χ3n) is 6.22. The summed E-state index contributed by atoms with van der Waals surface area (Å²) in [6, 6.07) is 6.08. The summed E-state index contributed by atoms with van der Waals surface area (Å²) < 4.78 is 8.55. The summed E-state index contributed by atoms with van der Waals surface area (Å²) >= 11 is 3.69. The van der Waals surface area contributed by atoms with Gasteiger partial charge in [0, 0.05) is 41.7 Å². The molecule has 0 unspecified atom stereocenters. The average molecular weight is 496 g/mol. The summed E-state index contributed by atoms with van der Waals surface area (Å²) in [6.07, 6.45) is 3.48. The predicted octanol–water partition coefficient (Wildman–Crippen LogP) is 4.52. The van der Waals surface area contributed by atoms with E-state index in [2.05, 4.69) is 56.9 Å². The number of pyridine rings is 1. The maximum Gasteiger partial charge on any atom is 0.354 e. The van der Waals surface area contributed by atoms with Crippen molar-refractivity contribution in [2.75, 3.05) is 24.5 Å². The molecule has 0 bridgehead atoms. The van der Waals surface area contributed by atoms with E-state index in [9.17, 15) is 4.79 Å². The number of halogens is 1. The number of hydrogen-bond donors (Lipinski definition) is 1. The zero-order chi connectivity index (χ0) is 22.6. The van der Waals surface area contributed by atoms with Gasteiger partial charge in [0.25, 0.3) is 0 Å². The van der Waals surface area contributed by atoms with E-state index >= 15 is 0 Å². The van der Waals surface area contributed by atoms with Crippen molar-refractivity contribution in [2.45, 2.75) is 39.7 Å². The number of aromatic nitrogens is 3. The van der Waals surface area contributed by atoms with Crippen molar-refractivity contribution in [3.8, 4) is 5.69 Å². The Labute approximate surface area is 194 Å². The van der Waals surface area contributed by atoms with Crippen LogP contribution in [0.15, 0.2) is 44.3 Å². The van der Waals surface area contributed by atoms with E-state index in [1.165, 1.54) is 0 Å². The van der Waals surface area contributed by atoms with Gasteiger partial charge < -0.3 is 14.6 Å². The van der Waals surface area contributed by atoms with E-state index < -0.39 is 0 Å². The van der Waals surface area contributed by atoms with Crippen LogP contribution in [0, 0.1) is 6.92 Å². The van der Waals surface area contributed by atoms with Crippen molar-refractivity contribution in [2.24, 2.45) is 0 Å². The number of aryl methyl sites for hydroxylation is 1. The highest BCUT2D eigenvalue weighted by molar-refractivity contribution is 9.10. The lowest BCUT2D eigenvalue weighted by Crippen LogP contribution is -2.50. The summed E-state index contributed by atoms with van der Waals surface area (Å²) in [5.74, 6) is 0.825. The zero-order valence-electron chi connectivity index (χ0n) is 18.6. The number of rotatable bonds is 3. The molecule has 32 heavy (non-hydrogen) atoms. The number of piperazine rings is 1. The Morgan fingerprint density at radius 1 is 1.31 bits per heavy atom. The Morgan fingerprint density at radius 2 is 2.12 bits per heavy atom. The first-order chi connectivity index (χ1) is 15.4. The van der Waals surface area contributed by atoms with Crippen LogP contribution in [0.3, 0.4) is 0 Å². The van der Waals surface area contributed by atoms with E-state index in [1.807, 2.05) is 25.1 Å². The Kier molecular flexibility index (Phi) is 5.29. The SMILES string of the molecule is Cc1ccnc(C(C)C)c1-n1c(=O)nc(N2CCNC[C@@H]2C)c2c3occc3c(Br)cc21. The highest BCUT2D eigenvalue weighted by Crippen LogP contribution is 2.38. The lowest BCUT2D eigenvalue weighted by atomic mass is 10.0. The fourth-order valence-electron chi connectivity index (χ4n) is 4.63. The Morgan fingerprint density at radius 3 is 2.88 bits per heavy atom. The molecule has 166 valence electrons. The molecule has 0 aliphatic carbocycles. The van der Waals surface area contributed by atoms with E-state index in [0.717, 1.165) is 62.9 Å². The second kappa shape index (κ2) is 8.01. The second-order valence-electron chi connectivity index (χ2n) is 8.73. The molecule has 4 heterocycles. The summed E-state index contributed by atoms with van der Waals surface area (Å²) in [4.78, 5) is 25.1. The van der Waals surface area contributed by atoms with Crippen LogP contribution in [0.1, 0.15) is 37.9 Å². The van der Waals surface area contributed by atoms with Crippen LogP contribution in [0.4, 0.5) is 5.82 Å². The molecular weight excluding hydrogens is 470 g/mol. The normalized spacial score (nSPS) is 17.1. The lowest BCUT2D eigenvalue weighted by molar-refractivity contribution is 0.497. The van der Waals surface area contributed by atoms with Crippen LogP contribution in [-0.2, 0) is 0 Å². The molecule has 5 rings (SSSR count). The topological polar surface area (TPSA) is 76.2 Å². The summed E-state index contributed by atoms with van der Waals surface area (Å²) in [5.41, 5.74) is 3.82. The Bertz CT molecular complexity index is 1390. The molecule has 4 aromatic rings. The minimum absolute atomic E-state index is 0.149. The number of furan rings is 1. The summed E-state index contributed by atoms with van der Waals surface area (Å²) in [6.45, 7) is 10.8. The number of nitrogens with one attached hydrogen (secondary N) is 1. The highest BCUT2D eigenvalue weighted by atomic mass is 79.9. The molecule has 3 aromatic heterocycles. The maximum absolute atomic E-state index is 13.7. The quantitative estimate of drug-likeness (QED) is 0.450. The van der Waals surface area contributed by atoms with Crippen LogP contribution in [0.5, 0.6) is 0 Å². The van der Waals surface area contributed by atoms with E-state index in [-0.39, 0.29) is 17.6 Å². The van der Waals surface area contributed by atoms with Crippen LogP contribution in [0.25, 0.3) is 27.6 Å². The van der Waals surface area contributed by atoms with Crippen LogP contribution < -0.4 is 15.9 Å². The van der Waals surface area contributed by atoms with E-state index in [4.69, 9.17) is 4.42 Å². The van der Waals surface area contributed by atoms with E-state index in [0.29, 0.717) is 5.82 Å². The summed E-state index contributed by atoms with van der Waals surface area (Å²) in [5, 5.41) is 5.22. The number of anilines is 1. The standard InChI is InChI=1S/C24H26BrN5O2/c1-13(2)20-21(14(3)5-7-27-20)30-18-11-17(25)16-6-10-32-22(16)19(18)23(28-24(30)31)29-9-8-26-12-15(29)4/h5-7,10-11,13,15,26H,8-9,12H2,1-4H3/t15-/m0/s1. The van der Waals surface area contributed by atoms with Crippen molar-refractivity contribution in [3.05, 3.63) is 56.9 Å². The van der Waals surface area contributed by atoms with Gasteiger partial charge >= 0.3 is 5.69 Å². The van der Waals surface area contributed by atoms with Gasteiger partial charge in [0.1, 0.15) is 11.4 Å². The van der Waals surface area contributed by atoms with Gasteiger partial charge in [-0.2, -0.15) is 4.98 Å². The molecule has 1 saturated heterocycles. The molecule has 1 atom stereocenters. The Hall–Kier alpha value is -2.71. The van der Waals surface area contributed by atoms with Gasteiger partial charge in [-0.05, 0) is 59.5 Å². The van der Waals surface area contributed by atoms with Crippen molar-refractivity contribution in [1.29, 1.82) is 0 Å². The van der Waals surface area contributed by atoms with Crippen LogP contribution in [0.2, 0.25) is 0 Å². The first kappa shape index (κ1) is 21.2. The molecule has 8 heteroatoms. The monoisotopic (exact) mass is 495 g/mol. The minimum atomic E-state index is -0.311. The molecule has 7 nitrogen and oxygen atoms in total. The average Bonchev–Trinajstić information content (AvgIpc) is 3.25. The van der Waals surface area contributed by atoms with Gasteiger partial charge in [-0.15, -0.1) is 0 Å². The number of benzene rings is 1. The predicted molar refractivity (Wildman–Crippen MR) is 131 cm³/mol. The van der Waals surface area contributed by atoms with Crippen molar-refractivity contribution >= 4 is 43.6 Å². The van der Waals surface area contributed by atoms with Gasteiger partial charge in [-0.25, -0.2) is 4.79 Å². The fourth-order valence-corrected chi connectivity index (χ4v) is 5.16. The molecule has 1 fully saturated rings. The Balaban J connectivity index is 1.95. The molecular formula is C24H26BrN5O2. The molecule has 0 saturated carbocycles. The van der Waals surface area contributed by atoms with Crippen molar-refractivity contribution < 1.29 is 4.42 Å². The van der Waals surface area contributed by atoms with Gasteiger partial charge in [0.05, 0.1) is 28.5 Å². The summed E-state index contributed by atoms with van der Waals surface area (Å²) in [7, 11) is 0. The number of nitrogens with zero attached hydrogens (tertiary/aromatic N) is 4. The second-order valence-corrected chi connectivity index (χ2v) is 9.59. The highest BCUT2D eigenvalue weighted by Gasteiger charge is 2.27. The van der Waals surface area contributed by atoms with Crippen LogP contribution in [-0.4, -0.2) is 40.2 Å². The lowest BCUT2D eigenvalue weighted by Gasteiger charge is -2.35. The molecule has 0 amide bonds. The third kappa shape index (κ3) is 3.24. The molecule has 0 spiro atoms. The smallest absolute Gasteiger partial charge is 0.354 e. The van der Waals surface area contributed by atoms with Gasteiger partial charge in [-0.3, -0.25) is 9.55 Å². The van der Waals surface area contributed by atoms with Gasteiger partial charge in [-0.1, -0.05) is 13.8 Å². The molecule has 1 aromatic carbocycles. The van der Waals surface area contributed by atoms with Gasteiger partial charge in [0.2, 0.25) is 0 Å². The first-order valence-electron chi connectivity index (χ1n) is 10.9. The minimum Gasteiger partial charge on any atom is -0.463 e. The maximum atomic E-state index is 13.7. The molecule has 0 radical (unpaired) electrons. The van der Waals surface area contributed by atoms with Crippen molar-refractivity contribution in [3.63, 3.8) is 0 Å². The molecule has 1 aliphatic heterocycles. The molecule has 1 aliphatic rings. The first-order valence-corrected chi connectivity index (χ1v) is 11.7. The number of fused-ring (bicyclic) bond motifs is 3. The van der Waals surface area contributed by atoms with Gasteiger partial charge in [0.15, 0.2) is 0 Å². The third-order valence-corrected chi connectivity index (χ3v) is 6.88.